The Bertz CT molecular complexity index is 257. The molecule has 15 heavy (non-hydrogen) atoms. The van der Waals surface area contributed by atoms with Crippen LogP contribution in [-0.4, -0.2) is 40.6 Å². The summed E-state index contributed by atoms with van der Waals surface area (Å²) in [5.41, 5.74) is 0. The predicted octanol–water partition coefficient (Wildman–Crippen LogP) is 0.0384. The number of hydrogen-bond donors (Lipinski definition) is 3. The Morgan fingerprint density at radius 1 is 1.40 bits per heavy atom. The second-order valence-corrected chi connectivity index (χ2v) is 4.02. The molecule has 86 valence electrons. The van der Waals surface area contributed by atoms with Crippen molar-refractivity contribution < 1.29 is 19.5 Å². The zero-order valence-corrected chi connectivity index (χ0v) is 9.39. The van der Waals surface area contributed by atoms with Crippen LogP contribution in [0.5, 0.6) is 0 Å². The van der Waals surface area contributed by atoms with Crippen LogP contribution in [0.25, 0.3) is 0 Å². The van der Waals surface area contributed by atoms with E-state index in [1.165, 1.54) is 0 Å². The molecule has 3 amide bonds. The molecule has 6 nitrogen and oxygen atoms in total. The van der Waals surface area contributed by atoms with Gasteiger partial charge in [0.05, 0.1) is 11.0 Å². The first-order valence-corrected chi connectivity index (χ1v) is 5.44. The fourth-order valence-corrected chi connectivity index (χ4v) is 1.29. The highest BCUT2D eigenvalue weighted by Gasteiger charge is 2.16. The summed E-state index contributed by atoms with van der Waals surface area (Å²) in [5.74, 6) is -1.64. The van der Waals surface area contributed by atoms with Crippen LogP contribution in [0.1, 0.15) is 13.8 Å². The van der Waals surface area contributed by atoms with Gasteiger partial charge in [-0.1, -0.05) is 0 Å². The van der Waals surface area contributed by atoms with E-state index >= 15 is 0 Å². The summed E-state index contributed by atoms with van der Waals surface area (Å²) in [6.07, 6.45) is 0. The SMILES string of the molecule is CCNC(=O)NC(=O)[C@H](C)SCC(=O)O. The third-order valence-corrected chi connectivity index (χ3v) is 2.53. The van der Waals surface area contributed by atoms with Crippen molar-refractivity contribution in [2.45, 2.75) is 19.1 Å². The first kappa shape index (κ1) is 13.8. The highest BCUT2D eigenvalue weighted by atomic mass is 32.2. The van der Waals surface area contributed by atoms with Gasteiger partial charge in [-0.15, -0.1) is 11.8 Å². The van der Waals surface area contributed by atoms with Gasteiger partial charge in [-0.3, -0.25) is 14.9 Å². The fraction of sp³-hybridized carbons (Fsp3) is 0.625. The molecule has 0 spiro atoms. The van der Waals surface area contributed by atoms with E-state index in [0.29, 0.717) is 6.54 Å². The average molecular weight is 234 g/mol. The third-order valence-electron chi connectivity index (χ3n) is 1.40. The molecule has 0 rings (SSSR count). The molecule has 0 aliphatic carbocycles. The summed E-state index contributed by atoms with van der Waals surface area (Å²) < 4.78 is 0. The average Bonchev–Trinajstić information content (AvgIpc) is 2.14. The van der Waals surface area contributed by atoms with E-state index in [0.717, 1.165) is 11.8 Å². The van der Waals surface area contributed by atoms with Crippen LogP contribution < -0.4 is 10.6 Å². The van der Waals surface area contributed by atoms with E-state index in [-0.39, 0.29) is 5.75 Å². The maximum absolute atomic E-state index is 11.3. The molecular weight excluding hydrogens is 220 g/mol. The first-order valence-electron chi connectivity index (χ1n) is 4.39. The Labute approximate surface area is 91.8 Å². The highest BCUT2D eigenvalue weighted by molar-refractivity contribution is 8.01. The zero-order chi connectivity index (χ0) is 11.8. The maximum Gasteiger partial charge on any atom is 0.321 e. The van der Waals surface area contributed by atoms with E-state index in [1.807, 2.05) is 0 Å². The lowest BCUT2D eigenvalue weighted by atomic mass is 10.4. The van der Waals surface area contributed by atoms with Gasteiger partial charge in [0.15, 0.2) is 0 Å². The Balaban J connectivity index is 3.88. The molecule has 0 aliphatic rings. The minimum atomic E-state index is -0.988. The lowest BCUT2D eigenvalue weighted by Gasteiger charge is -2.09. The molecule has 7 heteroatoms. The number of carboxylic acids is 1. The van der Waals surface area contributed by atoms with Crippen LogP contribution in [-0.2, 0) is 9.59 Å². The number of carbonyl (C=O) groups excluding carboxylic acids is 2. The molecule has 0 saturated heterocycles. The number of urea groups is 1. The lowest BCUT2D eigenvalue weighted by molar-refractivity contribution is -0.133. The number of hydrogen-bond acceptors (Lipinski definition) is 4. The molecule has 0 radical (unpaired) electrons. The quantitative estimate of drug-likeness (QED) is 0.624. The van der Waals surface area contributed by atoms with Crippen molar-refractivity contribution in [3.05, 3.63) is 0 Å². The number of rotatable bonds is 5. The van der Waals surface area contributed by atoms with Crippen molar-refractivity contribution in [1.82, 2.24) is 10.6 Å². The van der Waals surface area contributed by atoms with Gasteiger partial charge in [0.25, 0.3) is 0 Å². The van der Waals surface area contributed by atoms with Gasteiger partial charge >= 0.3 is 12.0 Å². The zero-order valence-electron chi connectivity index (χ0n) is 8.57. The number of carboxylic acid groups (broad SMARTS) is 1. The molecule has 0 bridgehead atoms. The summed E-state index contributed by atoms with van der Waals surface area (Å²) in [5, 5.41) is 12.3. The van der Waals surface area contributed by atoms with Crippen LogP contribution in [0, 0.1) is 0 Å². The number of nitrogens with one attached hydrogen (secondary N) is 2. The number of imide groups is 1. The Hall–Kier alpha value is -1.24. The number of aliphatic carboxylic acids is 1. The number of carbonyl (C=O) groups is 3. The molecule has 0 unspecified atom stereocenters. The van der Waals surface area contributed by atoms with Gasteiger partial charge in [-0.2, -0.15) is 0 Å². The molecule has 0 aliphatic heterocycles. The Morgan fingerprint density at radius 3 is 2.47 bits per heavy atom. The standard InChI is InChI=1S/C8H14N2O4S/c1-3-9-8(14)10-7(13)5(2)15-4-6(11)12/h5H,3-4H2,1-2H3,(H,11,12)(H2,9,10,13,14)/t5-/m0/s1. The normalized spacial score (nSPS) is 11.6. The van der Waals surface area contributed by atoms with E-state index in [2.05, 4.69) is 10.6 Å². The summed E-state index contributed by atoms with van der Waals surface area (Å²) in [6, 6.07) is -0.565. The summed E-state index contributed by atoms with van der Waals surface area (Å²) in [4.78, 5) is 32.4. The van der Waals surface area contributed by atoms with E-state index in [4.69, 9.17) is 5.11 Å². The summed E-state index contributed by atoms with van der Waals surface area (Å²) in [6.45, 7) is 3.70. The highest BCUT2D eigenvalue weighted by Crippen LogP contribution is 2.09. The lowest BCUT2D eigenvalue weighted by Crippen LogP contribution is -2.42. The molecule has 1 atom stereocenters. The molecule has 0 heterocycles. The van der Waals surface area contributed by atoms with Gasteiger partial charge in [0.1, 0.15) is 0 Å². The largest absolute Gasteiger partial charge is 0.481 e. The predicted molar refractivity (Wildman–Crippen MR) is 56.8 cm³/mol. The van der Waals surface area contributed by atoms with Crippen molar-refractivity contribution in [2.75, 3.05) is 12.3 Å². The van der Waals surface area contributed by atoms with Crippen LogP contribution in [0.15, 0.2) is 0 Å². The molecule has 0 aromatic heterocycles. The molecule has 0 aromatic rings. The first-order chi connectivity index (χ1) is 6.97. The molecule has 3 N–H and O–H groups in total. The van der Waals surface area contributed by atoms with Crippen molar-refractivity contribution in [3.63, 3.8) is 0 Å². The molecule has 0 aromatic carbocycles. The fourth-order valence-electron chi connectivity index (χ4n) is 0.690. The van der Waals surface area contributed by atoms with Gasteiger partial charge in [0.2, 0.25) is 5.91 Å². The van der Waals surface area contributed by atoms with E-state index in [9.17, 15) is 14.4 Å². The van der Waals surface area contributed by atoms with E-state index in [1.54, 1.807) is 13.8 Å². The molecular formula is C8H14N2O4S. The Kier molecular flexibility index (Phi) is 6.52. The topological polar surface area (TPSA) is 95.5 Å². The van der Waals surface area contributed by atoms with Crippen molar-refractivity contribution in [1.29, 1.82) is 0 Å². The van der Waals surface area contributed by atoms with Crippen molar-refractivity contribution in [2.24, 2.45) is 0 Å². The summed E-state index contributed by atoms with van der Waals surface area (Å²) >= 11 is 0.961. The number of thioether (sulfide) groups is 1. The van der Waals surface area contributed by atoms with Crippen LogP contribution in [0.4, 0.5) is 4.79 Å². The van der Waals surface area contributed by atoms with Crippen molar-refractivity contribution in [3.8, 4) is 0 Å². The van der Waals surface area contributed by atoms with Gasteiger partial charge < -0.3 is 10.4 Å². The van der Waals surface area contributed by atoms with Gasteiger partial charge in [-0.25, -0.2) is 4.79 Å². The maximum atomic E-state index is 11.3. The second-order valence-electron chi connectivity index (χ2n) is 2.70. The smallest absolute Gasteiger partial charge is 0.321 e. The van der Waals surface area contributed by atoms with Crippen LogP contribution in [0.2, 0.25) is 0 Å². The van der Waals surface area contributed by atoms with Gasteiger partial charge in [-0.05, 0) is 13.8 Å². The minimum Gasteiger partial charge on any atom is -0.481 e. The van der Waals surface area contributed by atoms with Crippen molar-refractivity contribution >= 4 is 29.7 Å². The molecule has 0 saturated carbocycles. The second kappa shape index (κ2) is 7.10. The summed E-state index contributed by atoms with van der Waals surface area (Å²) in [7, 11) is 0. The third kappa shape index (κ3) is 6.78. The number of amides is 3. The minimum absolute atomic E-state index is 0.163. The Morgan fingerprint density at radius 2 is 2.00 bits per heavy atom. The van der Waals surface area contributed by atoms with Crippen LogP contribution >= 0.6 is 11.8 Å². The van der Waals surface area contributed by atoms with Crippen LogP contribution in [0.3, 0.4) is 0 Å². The van der Waals surface area contributed by atoms with E-state index < -0.39 is 23.2 Å². The van der Waals surface area contributed by atoms with Gasteiger partial charge in [0, 0.05) is 6.54 Å². The molecule has 0 fully saturated rings. The monoisotopic (exact) mass is 234 g/mol.